The van der Waals surface area contributed by atoms with Gasteiger partial charge in [-0.2, -0.15) is 0 Å². The van der Waals surface area contributed by atoms with Crippen molar-refractivity contribution in [2.24, 2.45) is 0 Å². The molecule has 2 aromatic carbocycles. The largest absolute Gasteiger partial charge is 0.383 e. The summed E-state index contributed by atoms with van der Waals surface area (Å²) in [5.41, 5.74) is 1.90. The van der Waals surface area contributed by atoms with Gasteiger partial charge in [0, 0.05) is 30.7 Å². The van der Waals surface area contributed by atoms with Gasteiger partial charge in [0.05, 0.1) is 12.4 Å². The first-order valence-corrected chi connectivity index (χ1v) is 10.4. The molecule has 146 valence electrons. The molecule has 3 aromatic rings. The summed E-state index contributed by atoms with van der Waals surface area (Å²) in [6, 6.07) is 17.2. The van der Waals surface area contributed by atoms with Crippen LogP contribution in [0.1, 0.15) is 21.7 Å². The third-order valence-corrected chi connectivity index (χ3v) is 5.51. The van der Waals surface area contributed by atoms with Gasteiger partial charge >= 0.3 is 0 Å². The lowest BCUT2D eigenvalue weighted by Gasteiger charge is -2.09. The molecule has 0 atom stereocenters. The zero-order valence-corrected chi connectivity index (χ0v) is 17.2. The van der Waals surface area contributed by atoms with E-state index < -0.39 is 0 Å². The summed E-state index contributed by atoms with van der Waals surface area (Å²) in [4.78, 5) is 12.4. The second-order valence-corrected chi connectivity index (χ2v) is 7.63. The van der Waals surface area contributed by atoms with Crippen molar-refractivity contribution in [1.82, 2.24) is 14.8 Å². The maximum atomic E-state index is 12.4. The number of nitrogens with zero attached hydrogens (tertiary/aromatic N) is 3. The lowest BCUT2D eigenvalue weighted by Crippen LogP contribution is -2.11. The van der Waals surface area contributed by atoms with Gasteiger partial charge in [-0.15, -0.1) is 10.2 Å². The summed E-state index contributed by atoms with van der Waals surface area (Å²) in [6.45, 7) is 1.22. The molecule has 0 saturated heterocycles. The Balaban J connectivity index is 1.66. The van der Waals surface area contributed by atoms with E-state index in [2.05, 4.69) is 22.3 Å². The fourth-order valence-corrected chi connectivity index (χ4v) is 3.77. The third kappa shape index (κ3) is 5.67. The highest BCUT2D eigenvalue weighted by Gasteiger charge is 2.15. The maximum absolute atomic E-state index is 12.4. The molecule has 7 heteroatoms. The predicted molar refractivity (Wildman–Crippen MR) is 112 cm³/mol. The van der Waals surface area contributed by atoms with Gasteiger partial charge in [0.25, 0.3) is 0 Å². The van der Waals surface area contributed by atoms with Gasteiger partial charge in [-0.25, -0.2) is 0 Å². The molecule has 0 unspecified atom stereocenters. The summed E-state index contributed by atoms with van der Waals surface area (Å²) in [7, 11) is 1.67. The van der Waals surface area contributed by atoms with E-state index >= 15 is 0 Å². The van der Waals surface area contributed by atoms with E-state index in [0.717, 1.165) is 23.8 Å². The third-order valence-electron chi connectivity index (χ3n) is 4.29. The normalized spacial score (nSPS) is 10.9. The van der Waals surface area contributed by atoms with Crippen molar-refractivity contribution in [1.29, 1.82) is 0 Å². The molecule has 0 spiro atoms. The van der Waals surface area contributed by atoms with Crippen LogP contribution in [-0.2, 0) is 24.1 Å². The molecule has 0 aliphatic carbocycles. The number of aromatic nitrogens is 3. The first-order chi connectivity index (χ1) is 13.7. The van der Waals surface area contributed by atoms with Crippen LogP contribution in [0.25, 0.3) is 0 Å². The lowest BCUT2D eigenvalue weighted by molar-refractivity contribution is 0.102. The van der Waals surface area contributed by atoms with Crippen LogP contribution in [0, 0.1) is 0 Å². The van der Waals surface area contributed by atoms with Gasteiger partial charge in [0.1, 0.15) is 5.82 Å². The first kappa shape index (κ1) is 20.6. The number of benzene rings is 2. The molecule has 5 nitrogen and oxygen atoms in total. The van der Waals surface area contributed by atoms with Gasteiger partial charge in [0.15, 0.2) is 10.9 Å². The predicted octanol–water partition coefficient (Wildman–Crippen LogP) is 4.34. The van der Waals surface area contributed by atoms with E-state index in [1.807, 2.05) is 22.8 Å². The average molecular weight is 416 g/mol. The number of hydrogen-bond acceptors (Lipinski definition) is 5. The Labute approximate surface area is 174 Å². The molecule has 0 amide bonds. The van der Waals surface area contributed by atoms with Crippen molar-refractivity contribution in [2.45, 2.75) is 24.5 Å². The number of ether oxygens (including phenoxy) is 1. The number of aryl methyl sites for hydroxylation is 2. The van der Waals surface area contributed by atoms with E-state index in [-0.39, 0.29) is 5.78 Å². The number of methoxy groups -OCH3 is 1. The Morgan fingerprint density at radius 1 is 1.07 bits per heavy atom. The number of carbonyl (C=O) groups excluding carboxylic acids is 1. The molecular formula is C21H22ClN3O2S. The SMILES string of the molecule is COCCn1c(CCc2ccccc2)nnc1SCC(=O)c1ccc(Cl)cc1. The molecule has 0 fully saturated rings. The Morgan fingerprint density at radius 3 is 2.54 bits per heavy atom. The minimum Gasteiger partial charge on any atom is -0.383 e. The standard InChI is InChI=1S/C21H22ClN3O2S/c1-27-14-13-25-20(12-7-16-5-3-2-4-6-16)23-24-21(25)28-15-19(26)17-8-10-18(22)11-9-17/h2-6,8-11H,7,12-15H2,1H3. The molecule has 0 aliphatic heterocycles. The summed E-state index contributed by atoms with van der Waals surface area (Å²) in [5, 5.41) is 10.0. The Hall–Kier alpha value is -2.15. The highest BCUT2D eigenvalue weighted by atomic mass is 35.5. The monoisotopic (exact) mass is 415 g/mol. The highest BCUT2D eigenvalue weighted by Crippen LogP contribution is 2.20. The number of Topliss-reactive ketones (excluding diaryl/α,β-unsaturated/α-hetero) is 1. The highest BCUT2D eigenvalue weighted by molar-refractivity contribution is 7.99. The fraction of sp³-hybridized carbons (Fsp3) is 0.286. The average Bonchev–Trinajstić information content (AvgIpc) is 3.11. The smallest absolute Gasteiger partial charge is 0.191 e. The quantitative estimate of drug-likeness (QED) is 0.364. The fourth-order valence-electron chi connectivity index (χ4n) is 2.77. The summed E-state index contributed by atoms with van der Waals surface area (Å²) in [6.07, 6.45) is 1.67. The van der Waals surface area contributed by atoms with Crippen LogP contribution in [0.4, 0.5) is 0 Å². The number of ketones is 1. The number of rotatable bonds is 10. The molecule has 0 radical (unpaired) electrons. The number of carbonyl (C=O) groups is 1. The molecule has 0 saturated carbocycles. The van der Waals surface area contributed by atoms with Crippen LogP contribution in [0.5, 0.6) is 0 Å². The zero-order valence-electron chi connectivity index (χ0n) is 15.7. The number of hydrogen-bond donors (Lipinski definition) is 0. The van der Waals surface area contributed by atoms with E-state index in [9.17, 15) is 4.79 Å². The first-order valence-electron chi connectivity index (χ1n) is 9.04. The van der Waals surface area contributed by atoms with Crippen molar-refractivity contribution >= 4 is 29.1 Å². The van der Waals surface area contributed by atoms with E-state index in [1.54, 1.807) is 31.4 Å². The van der Waals surface area contributed by atoms with Crippen molar-refractivity contribution in [2.75, 3.05) is 19.5 Å². The van der Waals surface area contributed by atoms with Crippen LogP contribution in [0.2, 0.25) is 5.02 Å². The van der Waals surface area contributed by atoms with Gasteiger partial charge in [-0.05, 0) is 36.2 Å². The Morgan fingerprint density at radius 2 is 1.82 bits per heavy atom. The molecule has 0 N–H and O–H groups in total. The van der Waals surface area contributed by atoms with Crippen LogP contribution < -0.4 is 0 Å². The summed E-state index contributed by atoms with van der Waals surface area (Å²) in [5.74, 6) is 1.24. The maximum Gasteiger partial charge on any atom is 0.191 e. The van der Waals surface area contributed by atoms with Gasteiger partial charge in [-0.1, -0.05) is 53.7 Å². The summed E-state index contributed by atoms with van der Waals surface area (Å²) < 4.78 is 7.28. The van der Waals surface area contributed by atoms with E-state index in [1.165, 1.54) is 17.3 Å². The van der Waals surface area contributed by atoms with E-state index in [0.29, 0.717) is 29.5 Å². The Kier molecular flexibility index (Phi) is 7.65. The Bertz CT molecular complexity index is 898. The van der Waals surface area contributed by atoms with Crippen LogP contribution in [0.3, 0.4) is 0 Å². The van der Waals surface area contributed by atoms with Crippen molar-refractivity contribution < 1.29 is 9.53 Å². The van der Waals surface area contributed by atoms with E-state index in [4.69, 9.17) is 16.3 Å². The molecule has 0 bridgehead atoms. The molecule has 3 rings (SSSR count). The molecule has 1 heterocycles. The van der Waals surface area contributed by atoms with Gasteiger partial charge in [0.2, 0.25) is 0 Å². The van der Waals surface area contributed by atoms with Crippen LogP contribution in [-0.4, -0.2) is 40.0 Å². The van der Waals surface area contributed by atoms with Crippen molar-refractivity contribution in [3.8, 4) is 0 Å². The molecule has 0 aliphatic rings. The van der Waals surface area contributed by atoms with Crippen molar-refractivity contribution in [3.05, 3.63) is 76.6 Å². The second kappa shape index (κ2) is 10.4. The minimum absolute atomic E-state index is 0.0359. The van der Waals surface area contributed by atoms with Gasteiger partial charge in [-0.3, -0.25) is 4.79 Å². The lowest BCUT2D eigenvalue weighted by atomic mass is 10.1. The second-order valence-electron chi connectivity index (χ2n) is 6.25. The molecular weight excluding hydrogens is 394 g/mol. The van der Waals surface area contributed by atoms with Crippen molar-refractivity contribution in [3.63, 3.8) is 0 Å². The topological polar surface area (TPSA) is 57.0 Å². The molecule has 1 aromatic heterocycles. The molecule has 28 heavy (non-hydrogen) atoms. The minimum atomic E-state index is 0.0359. The van der Waals surface area contributed by atoms with Gasteiger partial charge < -0.3 is 9.30 Å². The van der Waals surface area contributed by atoms with Crippen LogP contribution >= 0.6 is 23.4 Å². The number of thioether (sulfide) groups is 1. The van der Waals surface area contributed by atoms with Crippen LogP contribution in [0.15, 0.2) is 59.8 Å². The number of halogens is 1. The zero-order chi connectivity index (χ0) is 19.8. The summed E-state index contributed by atoms with van der Waals surface area (Å²) >= 11 is 7.28.